The van der Waals surface area contributed by atoms with E-state index in [1.807, 2.05) is 12.1 Å². The van der Waals surface area contributed by atoms with Crippen LogP contribution in [-0.2, 0) is 4.79 Å². The maximum Gasteiger partial charge on any atom is 0.258 e. The van der Waals surface area contributed by atoms with E-state index >= 15 is 0 Å². The number of carbonyl (C=O) groups is 1. The number of aromatic amines is 1. The number of benzene rings is 1. The van der Waals surface area contributed by atoms with Gasteiger partial charge >= 0.3 is 0 Å². The van der Waals surface area contributed by atoms with Gasteiger partial charge in [0.05, 0.1) is 5.56 Å². The Labute approximate surface area is 132 Å². The van der Waals surface area contributed by atoms with Crippen LogP contribution in [0, 0.1) is 0 Å². The Bertz CT molecular complexity index is 811. The fourth-order valence-corrected chi connectivity index (χ4v) is 2.62. The normalized spacial score (nSPS) is 16.3. The number of nitrogen functional groups attached to an aromatic ring is 1. The largest absolute Gasteiger partial charge is 0.490 e. The number of nitrogens with one attached hydrogen (secondary N) is 2. The second-order valence-corrected chi connectivity index (χ2v) is 5.19. The van der Waals surface area contributed by atoms with Gasteiger partial charge in [-0.1, -0.05) is 24.8 Å². The van der Waals surface area contributed by atoms with Crippen LogP contribution in [0.25, 0.3) is 0 Å². The number of fused-ring (bicyclic) bond motifs is 1. The topological polar surface area (TPSA) is 110 Å². The van der Waals surface area contributed by atoms with Crippen molar-refractivity contribution in [2.45, 2.75) is 12.3 Å². The third kappa shape index (κ3) is 2.94. The van der Waals surface area contributed by atoms with Crippen LogP contribution in [0.2, 0.25) is 0 Å². The quantitative estimate of drug-likeness (QED) is 0.739. The molecule has 1 amide bonds. The Morgan fingerprint density at radius 3 is 2.78 bits per heavy atom. The van der Waals surface area contributed by atoms with Crippen LogP contribution < -0.4 is 21.3 Å². The van der Waals surface area contributed by atoms with Crippen molar-refractivity contribution in [1.29, 1.82) is 0 Å². The number of carbonyl (C=O) groups excluding carboxylic acids is 1. The molecule has 0 radical (unpaired) electrons. The van der Waals surface area contributed by atoms with Crippen LogP contribution in [0.1, 0.15) is 23.5 Å². The highest BCUT2D eigenvalue weighted by Gasteiger charge is 2.30. The summed E-state index contributed by atoms with van der Waals surface area (Å²) < 4.78 is 5.43. The minimum Gasteiger partial charge on any atom is -0.490 e. The molecule has 1 atom stereocenters. The fourth-order valence-electron chi connectivity index (χ4n) is 2.62. The first-order chi connectivity index (χ1) is 11.1. The van der Waals surface area contributed by atoms with E-state index in [9.17, 15) is 9.59 Å². The zero-order valence-electron chi connectivity index (χ0n) is 12.3. The van der Waals surface area contributed by atoms with Crippen LogP contribution >= 0.6 is 0 Å². The molecular formula is C16H16N4O3. The zero-order valence-corrected chi connectivity index (χ0v) is 12.3. The molecule has 2 heterocycles. The number of amides is 1. The number of anilines is 2. The van der Waals surface area contributed by atoms with E-state index in [0.29, 0.717) is 17.9 Å². The Morgan fingerprint density at radius 1 is 1.35 bits per heavy atom. The van der Waals surface area contributed by atoms with Crippen LogP contribution in [0.5, 0.6) is 5.75 Å². The average Bonchev–Trinajstić information content (AvgIpc) is 2.52. The number of H-pyrrole nitrogens is 1. The average molecular weight is 312 g/mol. The van der Waals surface area contributed by atoms with Crippen molar-refractivity contribution in [3.63, 3.8) is 0 Å². The van der Waals surface area contributed by atoms with Gasteiger partial charge in [-0.3, -0.25) is 14.6 Å². The van der Waals surface area contributed by atoms with Crippen molar-refractivity contribution in [2.24, 2.45) is 0 Å². The Kier molecular flexibility index (Phi) is 3.84. The number of nitrogens with two attached hydrogens (primary N) is 1. The molecule has 4 N–H and O–H groups in total. The standard InChI is InChI=1S/C16H16N4O3/c1-2-7-23-10-5-3-9(4-6-10)11-8-12(21)18-14-13(11)15(22)20-16(17)19-14/h2-6,11H,1,7-8H2,(H4,17,18,19,20,21,22)/t11-/m0/s1. The van der Waals surface area contributed by atoms with Gasteiger partial charge in [-0.2, -0.15) is 4.98 Å². The summed E-state index contributed by atoms with van der Waals surface area (Å²) in [6, 6.07) is 7.26. The fraction of sp³-hybridized carbons (Fsp3) is 0.188. The highest BCUT2D eigenvalue weighted by atomic mass is 16.5. The van der Waals surface area contributed by atoms with E-state index in [1.165, 1.54) is 0 Å². The van der Waals surface area contributed by atoms with Gasteiger partial charge < -0.3 is 15.8 Å². The van der Waals surface area contributed by atoms with Crippen molar-refractivity contribution in [1.82, 2.24) is 9.97 Å². The molecule has 0 unspecified atom stereocenters. The van der Waals surface area contributed by atoms with Gasteiger partial charge in [0, 0.05) is 12.3 Å². The van der Waals surface area contributed by atoms with Gasteiger partial charge in [-0.15, -0.1) is 0 Å². The summed E-state index contributed by atoms with van der Waals surface area (Å²) in [5.74, 6) is 0.317. The molecule has 0 aliphatic carbocycles. The third-order valence-electron chi connectivity index (χ3n) is 3.62. The van der Waals surface area contributed by atoms with Crippen molar-refractivity contribution >= 4 is 17.7 Å². The Hall–Kier alpha value is -3.09. The van der Waals surface area contributed by atoms with Crippen LogP contribution in [0.15, 0.2) is 41.7 Å². The Balaban J connectivity index is 1.99. The molecule has 0 saturated heterocycles. The molecule has 23 heavy (non-hydrogen) atoms. The van der Waals surface area contributed by atoms with Crippen LogP contribution in [0.3, 0.4) is 0 Å². The zero-order chi connectivity index (χ0) is 16.4. The summed E-state index contributed by atoms with van der Waals surface area (Å²) >= 11 is 0. The van der Waals surface area contributed by atoms with Crippen molar-refractivity contribution in [2.75, 3.05) is 17.7 Å². The van der Waals surface area contributed by atoms with Gasteiger partial charge in [0.2, 0.25) is 11.9 Å². The molecule has 3 rings (SSSR count). The minimum absolute atomic E-state index is 0.0251. The number of nitrogens with zero attached hydrogens (tertiary/aromatic N) is 1. The molecule has 1 aliphatic heterocycles. The molecule has 0 saturated carbocycles. The van der Waals surface area contributed by atoms with E-state index in [4.69, 9.17) is 10.5 Å². The van der Waals surface area contributed by atoms with Gasteiger partial charge in [0.1, 0.15) is 18.2 Å². The maximum absolute atomic E-state index is 12.2. The molecule has 0 spiro atoms. The summed E-state index contributed by atoms with van der Waals surface area (Å²) in [5, 5.41) is 2.59. The third-order valence-corrected chi connectivity index (χ3v) is 3.62. The van der Waals surface area contributed by atoms with E-state index < -0.39 is 0 Å². The molecule has 1 aromatic carbocycles. The van der Waals surface area contributed by atoms with Crippen LogP contribution in [0.4, 0.5) is 11.8 Å². The lowest BCUT2D eigenvalue weighted by atomic mass is 9.87. The van der Waals surface area contributed by atoms with Crippen molar-refractivity contribution in [3.05, 3.63) is 58.4 Å². The first-order valence-electron chi connectivity index (χ1n) is 7.11. The highest BCUT2D eigenvalue weighted by molar-refractivity contribution is 5.94. The maximum atomic E-state index is 12.2. The predicted octanol–water partition coefficient (Wildman–Crippen LogP) is 1.39. The Morgan fingerprint density at radius 2 is 2.09 bits per heavy atom. The second-order valence-electron chi connectivity index (χ2n) is 5.19. The molecule has 1 aliphatic rings. The minimum atomic E-state index is -0.371. The van der Waals surface area contributed by atoms with Crippen molar-refractivity contribution < 1.29 is 9.53 Å². The second kappa shape index (κ2) is 5.96. The lowest BCUT2D eigenvalue weighted by Crippen LogP contribution is -2.31. The van der Waals surface area contributed by atoms with E-state index in [1.54, 1.807) is 18.2 Å². The lowest BCUT2D eigenvalue weighted by molar-refractivity contribution is -0.116. The summed E-state index contributed by atoms with van der Waals surface area (Å²) in [6.07, 6.45) is 1.83. The predicted molar refractivity (Wildman–Crippen MR) is 86.5 cm³/mol. The summed E-state index contributed by atoms with van der Waals surface area (Å²) in [5.41, 5.74) is 6.45. The molecule has 118 valence electrons. The SMILES string of the molecule is C=CCOc1ccc([C@@H]2CC(=O)Nc3nc(N)[nH]c(=O)c32)cc1. The number of hydrogen-bond donors (Lipinski definition) is 3. The molecule has 0 fully saturated rings. The summed E-state index contributed by atoms with van der Waals surface area (Å²) in [6.45, 7) is 4.01. The molecular weight excluding hydrogens is 296 g/mol. The first kappa shape index (κ1) is 14.8. The number of aromatic nitrogens is 2. The number of hydrogen-bond acceptors (Lipinski definition) is 5. The van der Waals surface area contributed by atoms with Gasteiger partial charge in [0.15, 0.2) is 0 Å². The highest BCUT2D eigenvalue weighted by Crippen LogP contribution is 2.34. The van der Waals surface area contributed by atoms with Gasteiger partial charge in [-0.25, -0.2) is 0 Å². The molecule has 7 heteroatoms. The van der Waals surface area contributed by atoms with Gasteiger partial charge in [0.25, 0.3) is 5.56 Å². The van der Waals surface area contributed by atoms with E-state index in [0.717, 1.165) is 5.56 Å². The van der Waals surface area contributed by atoms with Crippen molar-refractivity contribution in [3.8, 4) is 5.75 Å². The molecule has 0 bridgehead atoms. The van der Waals surface area contributed by atoms with E-state index in [2.05, 4.69) is 21.9 Å². The van der Waals surface area contributed by atoms with E-state index in [-0.39, 0.29) is 35.6 Å². The molecule has 7 nitrogen and oxygen atoms in total. The van der Waals surface area contributed by atoms with Gasteiger partial charge in [-0.05, 0) is 17.7 Å². The van der Waals surface area contributed by atoms with Crippen LogP contribution in [-0.4, -0.2) is 22.5 Å². The first-order valence-corrected chi connectivity index (χ1v) is 7.11. The lowest BCUT2D eigenvalue weighted by Gasteiger charge is -2.24. The molecule has 1 aromatic heterocycles. The monoisotopic (exact) mass is 312 g/mol. The number of rotatable bonds is 4. The molecule has 2 aromatic rings. The summed E-state index contributed by atoms with van der Waals surface area (Å²) in [4.78, 5) is 30.6. The smallest absolute Gasteiger partial charge is 0.258 e. The summed E-state index contributed by atoms with van der Waals surface area (Å²) in [7, 11) is 0. The number of ether oxygens (including phenoxy) is 1.